The van der Waals surface area contributed by atoms with E-state index < -0.39 is 86.9 Å². The molecule has 0 aliphatic heterocycles. The van der Waals surface area contributed by atoms with Gasteiger partial charge in [-0.05, 0) is 13.8 Å². The number of ether oxygens (including phenoxy) is 2. The normalized spacial score (nSPS) is 19.5. The molecule has 0 saturated heterocycles. The van der Waals surface area contributed by atoms with Crippen LogP contribution in [0.15, 0.2) is 0 Å². The van der Waals surface area contributed by atoms with Crippen molar-refractivity contribution in [3.8, 4) is 0 Å². The topological polar surface area (TPSA) is 261 Å². The summed E-state index contributed by atoms with van der Waals surface area (Å²) in [5.41, 5.74) is -0.833. The molecule has 15 nitrogen and oxygen atoms in total. The standard InChI is InChI=1S/C20H41NO14/c1-20(2,3-5-34-19(32)33)35-6-4-21(7-11(24)15(28)17(30)13(26)9-22)8-12(25)16(29)18(31)14(27)10-23/h11-18,22-31H,3-10H2,1-2H3,(H,32,33)/t11-,12-,13+,14+,15+,16+,17+,18+/m0/s1. The van der Waals surface area contributed by atoms with Crippen molar-refractivity contribution in [1.82, 2.24) is 4.90 Å². The zero-order chi connectivity index (χ0) is 27.3. The molecule has 0 bridgehead atoms. The molecule has 8 atom stereocenters. The highest BCUT2D eigenvalue weighted by Crippen LogP contribution is 2.15. The van der Waals surface area contributed by atoms with Crippen LogP contribution in [0.3, 0.4) is 0 Å². The summed E-state index contributed by atoms with van der Waals surface area (Å²) in [6.45, 7) is 0.521. The molecular formula is C20H41NO14. The van der Waals surface area contributed by atoms with E-state index in [1.807, 2.05) is 0 Å². The number of nitrogens with zero attached hydrogens (tertiary/aromatic N) is 1. The van der Waals surface area contributed by atoms with Crippen LogP contribution in [-0.4, -0.2) is 168 Å². The van der Waals surface area contributed by atoms with E-state index in [-0.39, 0.29) is 26.2 Å². The monoisotopic (exact) mass is 519 g/mol. The van der Waals surface area contributed by atoms with Gasteiger partial charge in [0, 0.05) is 26.1 Å². The largest absolute Gasteiger partial charge is 0.505 e. The van der Waals surface area contributed by atoms with Crippen molar-refractivity contribution in [2.24, 2.45) is 0 Å². The first-order valence-electron chi connectivity index (χ1n) is 11.0. The van der Waals surface area contributed by atoms with E-state index in [2.05, 4.69) is 4.74 Å². The molecule has 0 amide bonds. The molecule has 0 aliphatic rings. The lowest BCUT2D eigenvalue weighted by Gasteiger charge is -2.34. The Labute approximate surface area is 203 Å². The van der Waals surface area contributed by atoms with Gasteiger partial charge in [0.1, 0.15) is 36.6 Å². The Bertz CT molecular complexity index is 552. The van der Waals surface area contributed by atoms with E-state index in [1.54, 1.807) is 13.8 Å². The summed E-state index contributed by atoms with van der Waals surface area (Å²) in [6, 6.07) is 0. The van der Waals surface area contributed by atoms with Crippen molar-refractivity contribution in [3.05, 3.63) is 0 Å². The van der Waals surface area contributed by atoms with Gasteiger partial charge in [0.15, 0.2) is 0 Å². The summed E-state index contributed by atoms with van der Waals surface area (Å²) in [5, 5.41) is 106. The maximum atomic E-state index is 10.5. The quantitative estimate of drug-likeness (QED) is 0.0714. The van der Waals surface area contributed by atoms with Crippen LogP contribution in [-0.2, 0) is 9.47 Å². The lowest BCUT2D eigenvalue weighted by Crippen LogP contribution is -2.53. The summed E-state index contributed by atoms with van der Waals surface area (Å²) >= 11 is 0. The number of carboxylic acid groups (broad SMARTS) is 1. The summed E-state index contributed by atoms with van der Waals surface area (Å²) in [6.07, 6.45) is -15.6. The van der Waals surface area contributed by atoms with Gasteiger partial charge in [0.2, 0.25) is 0 Å². The van der Waals surface area contributed by atoms with E-state index in [1.165, 1.54) is 4.90 Å². The molecule has 0 aromatic carbocycles. The Hall–Kier alpha value is -1.21. The van der Waals surface area contributed by atoms with Crippen LogP contribution in [0.4, 0.5) is 4.79 Å². The third-order valence-corrected chi connectivity index (χ3v) is 5.37. The molecule has 0 spiro atoms. The minimum absolute atomic E-state index is 0.0337. The Morgan fingerprint density at radius 2 is 1.14 bits per heavy atom. The van der Waals surface area contributed by atoms with E-state index >= 15 is 0 Å². The van der Waals surface area contributed by atoms with Gasteiger partial charge < -0.3 is 65.6 Å². The van der Waals surface area contributed by atoms with Gasteiger partial charge in [-0.15, -0.1) is 0 Å². The predicted molar refractivity (Wildman–Crippen MR) is 117 cm³/mol. The van der Waals surface area contributed by atoms with Crippen molar-refractivity contribution >= 4 is 6.16 Å². The van der Waals surface area contributed by atoms with E-state index in [0.29, 0.717) is 0 Å². The average molecular weight is 520 g/mol. The van der Waals surface area contributed by atoms with Gasteiger partial charge in [-0.25, -0.2) is 4.79 Å². The highest BCUT2D eigenvalue weighted by Gasteiger charge is 2.34. The molecule has 0 aromatic rings. The molecule has 0 radical (unpaired) electrons. The summed E-state index contributed by atoms with van der Waals surface area (Å²) in [5.74, 6) is 0. The molecule has 0 fully saturated rings. The van der Waals surface area contributed by atoms with Crippen molar-refractivity contribution < 1.29 is 70.4 Å². The summed E-state index contributed by atoms with van der Waals surface area (Å²) < 4.78 is 10.1. The van der Waals surface area contributed by atoms with Crippen LogP contribution < -0.4 is 0 Å². The molecule has 35 heavy (non-hydrogen) atoms. The lowest BCUT2D eigenvalue weighted by atomic mass is 10.0. The Balaban J connectivity index is 5.22. The van der Waals surface area contributed by atoms with Crippen LogP contribution >= 0.6 is 0 Å². The predicted octanol–water partition coefficient (Wildman–Crippen LogP) is -4.96. The molecule has 0 aliphatic carbocycles. The molecule has 210 valence electrons. The van der Waals surface area contributed by atoms with E-state index in [4.69, 9.17) is 20.1 Å². The smallest absolute Gasteiger partial charge is 0.450 e. The van der Waals surface area contributed by atoms with Gasteiger partial charge in [-0.2, -0.15) is 0 Å². The minimum atomic E-state index is -1.89. The summed E-state index contributed by atoms with van der Waals surface area (Å²) in [4.78, 5) is 11.8. The fourth-order valence-corrected chi connectivity index (χ4v) is 3.04. The fraction of sp³-hybridized carbons (Fsp3) is 0.950. The molecule has 0 aromatic heterocycles. The first-order valence-corrected chi connectivity index (χ1v) is 11.0. The third-order valence-electron chi connectivity index (χ3n) is 5.37. The van der Waals surface area contributed by atoms with Crippen molar-refractivity contribution in [2.45, 2.75) is 74.7 Å². The summed E-state index contributed by atoms with van der Waals surface area (Å²) in [7, 11) is 0. The zero-order valence-corrected chi connectivity index (χ0v) is 19.9. The fourth-order valence-electron chi connectivity index (χ4n) is 3.04. The Kier molecular flexibility index (Phi) is 15.9. The van der Waals surface area contributed by atoms with Crippen LogP contribution in [0.2, 0.25) is 0 Å². The highest BCUT2D eigenvalue weighted by molar-refractivity contribution is 5.56. The number of aliphatic hydroxyl groups excluding tert-OH is 10. The van der Waals surface area contributed by atoms with Crippen LogP contribution in [0.5, 0.6) is 0 Å². The zero-order valence-electron chi connectivity index (χ0n) is 19.9. The first-order chi connectivity index (χ1) is 16.2. The lowest BCUT2D eigenvalue weighted by molar-refractivity contribution is -0.132. The maximum absolute atomic E-state index is 10.5. The number of aliphatic hydroxyl groups is 10. The second kappa shape index (κ2) is 16.5. The average Bonchev–Trinajstić information content (AvgIpc) is 2.79. The molecular weight excluding hydrogens is 478 g/mol. The SMILES string of the molecule is CC(C)(CCOC(=O)O)OCCN(C[C@H](O)[C@@H](O)[C@H](O)[C@H](O)CO)C[C@H](O)[C@@H](O)[C@H](O)[C@H](O)CO. The first kappa shape index (κ1) is 33.8. The highest BCUT2D eigenvalue weighted by atomic mass is 16.7. The van der Waals surface area contributed by atoms with Crippen LogP contribution in [0.25, 0.3) is 0 Å². The van der Waals surface area contributed by atoms with Crippen LogP contribution in [0.1, 0.15) is 20.3 Å². The molecule has 0 rings (SSSR count). The molecule has 0 saturated carbocycles. The van der Waals surface area contributed by atoms with Gasteiger partial charge in [-0.1, -0.05) is 0 Å². The molecule has 11 N–H and O–H groups in total. The molecule has 15 heteroatoms. The van der Waals surface area contributed by atoms with E-state index in [0.717, 1.165) is 0 Å². The Morgan fingerprint density at radius 1 is 0.743 bits per heavy atom. The van der Waals surface area contributed by atoms with E-state index in [9.17, 15) is 45.6 Å². The molecule has 0 heterocycles. The van der Waals surface area contributed by atoms with Gasteiger partial charge in [0.25, 0.3) is 0 Å². The number of carbonyl (C=O) groups is 1. The molecule has 0 unspecified atom stereocenters. The van der Waals surface area contributed by atoms with Gasteiger partial charge in [0.05, 0.1) is 44.2 Å². The minimum Gasteiger partial charge on any atom is -0.450 e. The van der Waals surface area contributed by atoms with Crippen molar-refractivity contribution in [3.63, 3.8) is 0 Å². The van der Waals surface area contributed by atoms with Crippen LogP contribution in [0, 0.1) is 0 Å². The number of hydrogen-bond acceptors (Lipinski definition) is 14. The van der Waals surface area contributed by atoms with Gasteiger partial charge in [-0.3, -0.25) is 4.90 Å². The number of rotatable bonds is 19. The van der Waals surface area contributed by atoms with Crippen molar-refractivity contribution in [2.75, 3.05) is 46.1 Å². The van der Waals surface area contributed by atoms with Crippen molar-refractivity contribution in [1.29, 1.82) is 0 Å². The van der Waals surface area contributed by atoms with Gasteiger partial charge >= 0.3 is 6.16 Å². The number of hydrogen-bond donors (Lipinski definition) is 11. The third kappa shape index (κ3) is 13.1. The second-order valence-corrected chi connectivity index (χ2v) is 8.83. The maximum Gasteiger partial charge on any atom is 0.505 e. The Morgan fingerprint density at radius 3 is 1.51 bits per heavy atom. The second-order valence-electron chi connectivity index (χ2n) is 8.83.